The van der Waals surface area contributed by atoms with Crippen LogP contribution in [0.2, 0.25) is 0 Å². The Balaban J connectivity index is 1.81. The molecule has 1 amide bonds. The Morgan fingerprint density at radius 1 is 1.23 bits per heavy atom. The molecule has 2 atom stereocenters. The number of carbonyl (C=O) groups is 1. The monoisotopic (exact) mass is 296 g/mol. The van der Waals surface area contributed by atoms with Crippen LogP contribution in [-0.2, 0) is 11.2 Å². The van der Waals surface area contributed by atoms with Crippen molar-refractivity contribution in [3.8, 4) is 0 Å². The minimum Gasteiger partial charge on any atom is -0.379 e. The fraction of sp³-hybridized carbons (Fsp3) is 0.333. The molecule has 1 fully saturated rings. The van der Waals surface area contributed by atoms with Gasteiger partial charge in [0.25, 0.3) is 5.91 Å². The molecular weight excluding hydrogens is 276 g/mol. The number of ether oxygens (including phenoxy) is 1. The second-order valence-electron chi connectivity index (χ2n) is 5.53. The molecule has 1 saturated heterocycles. The molecule has 0 radical (unpaired) electrons. The molecule has 4 nitrogen and oxygen atoms in total. The highest BCUT2D eigenvalue weighted by Crippen LogP contribution is 2.25. The number of amides is 1. The van der Waals surface area contributed by atoms with Crippen molar-refractivity contribution in [1.29, 1.82) is 0 Å². The summed E-state index contributed by atoms with van der Waals surface area (Å²) >= 11 is 0. The Labute approximate surface area is 130 Å². The van der Waals surface area contributed by atoms with Crippen molar-refractivity contribution in [3.63, 3.8) is 0 Å². The number of methoxy groups -OCH3 is 1. The van der Waals surface area contributed by atoms with Gasteiger partial charge in [-0.05, 0) is 30.5 Å². The van der Waals surface area contributed by atoms with E-state index < -0.39 is 0 Å². The lowest BCUT2D eigenvalue weighted by atomic mass is 10.0. The number of benzene rings is 1. The van der Waals surface area contributed by atoms with E-state index in [1.54, 1.807) is 19.4 Å². The van der Waals surface area contributed by atoms with E-state index in [9.17, 15) is 4.79 Å². The second-order valence-corrected chi connectivity index (χ2v) is 5.53. The summed E-state index contributed by atoms with van der Waals surface area (Å²) in [6, 6.07) is 15.7. The molecule has 114 valence electrons. The van der Waals surface area contributed by atoms with Gasteiger partial charge in [-0.3, -0.25) is 9.78 Å². The van der Waals surface area contributed by atoms with Crippen LogP contribution in [0.15, 0.2) is 54.7 Å². The van der Waals surface area contributed by atoms with Gasteiger partial charge in [0.1, 0.15) is 5.69 Å². The fourth-order valence-corrected chi connectivity index (χ4v) is 3.09. The van der Waals surface area contributed by atoms with Crippen molar-refractivity contribution in [2.75, 3.05) is 13.7 Å². The number of carbonyl (C=O) groups excluding carboxylic acids is 1. The SMILES string of the molecule is CO[C@@H]1CCN(C(=O)c2ccccn2)[C@H]1Cc1ccccc1. The van der Waals surface area contributed by atoms with Gasteiger partial charge in [0.15, 0.2) is 0 Å². The number of rotatable bonds is 4. The van der Waals surface area contributed by atoms with Crippen LogP contribution in [0.3, 0.4) is 0 Å². The van der Waals surface area contributed by atoms with Crippen molar-refractivity contribution in [1.82, 2.24) is 9.88 Å². The van der Waals surface area contributed by atoms with E-state index in [0.717, 1.165) is 12.8 Å². The molecule has 2 aromatic rings. The predicted octanol–water partition coefficient (Wildman–Crippen LogP) is 2.55. The van der Waals surface area contributed by atoms with Gasteiger partial charge in [0, 0.05) is 19.9 Å². The van der Waals surface area contributed by atoms with Crippen molar-refractivity contribution in [2.24, 2.45) is 0 Å². The lowest BCUT2D eigenvalue weighted by Crippen LogP contribution is -2.42. The van der Waals surface area contributed by atoms with E-state index >= 15 is 0 Å². The molecule has 1 aliphatic rings. The normalized spacial score (nSPS) is 21.0. The highest BCUT2D eigenvalue weighted by molar-refractivity contribution is 5.92. The van der Waals surface area contributed by atoms with Crippen LogP contribution in [0.1, 0.15) is 22.5 Å². The van der Waals surface area contributed by atoms with Crippen molar-refractivity contribution in [3.05, 3.63) is 66.0 Å². The molecule has 0 saturated carbocycles. The number of likely N-dealkylation sites (tertiary alicyclic amines) is 1. The zero-order chi connectivity index (χ0) is 15.4. The molecular formula is C18H20N2O2. The average molecular weight is 296 g/mol. The Morgan fingerprint density at radius 3 is 2.68 bits per heavy atom. The number of pyridine rings is 1. The van der Waals surface area contributed by atoms with E-state index in [-0.39, 0.29) is 18.1 Å². The van der Waals surface area contributed by atoms with Gasteiger partial charge in [-0.25, -0.2) is 0 Å². The zero-order valence-electron chi connectivity index (χ0n) is 12.7. The number of aromatic nitrogens is 1. The third-order valence-corrected chi connectivity index (χ3v) is 4.22. The number of hydrogen-bond acceptors (Lipinski definition) is 3. The van der Waals surface area contributed by atoms with Gasteiger partial charge in [0.05, 0.1) is 12.1 Å². The van der Waals surface area contributed by atoms with Gasteiger partial charge in [-0.2, -0.15) is 0 Å². The summed E-state index contributed by atoms with van der Waals surface area (Å²) in [6.45, 7) is 0.714. The number of hydrogen-bond donors (Lipinski definition) is 0. The third kappa shape index (κ3) is 3.02. The Hall–Kier alpha value is -2.20. The Morgan fingerprint density at radius 2 is 2.00 bits per heavy atom. The molecule has 0 N–H and O–H groups in total. The lowest BCUT2D eigenvalue weighted by Gasteiger charge is -2.27. The van der Waals surface area contributed by atoms with Crippen LogP contribution in [0.25, 0.3) is 0 Å². The first-order chi connectivity index (χ1) is 10.8. The predicted molar refractivity (Wildman–Crippen MR) is 84.6 cm³/mol. The summed E-state index contributed by atoms with van der Waals surface area (Å²) in [6.07, 6.45) is 3.40. The van der Waals surface area contributed by atoms with Gasteiger partial charge in [-0.1, -0.05) is 36.4 Å². The Bertz CT molecular complexity index is 615. The number of nitrogens with zero attached hydrogens (tertiary/aromatic N) is 2. The summed E-state index contributed by atoms with van der Waals surface area (Å²) in [5.74, 6) is -0.0129. The molecule has 3 rings (SSSR count). The maximum absolute atomic E-state index is 12.7. The van der Waals surface area contributed by atoms with Gasteiger partial charge >= 0.3 is 0 Å². The van der Waals surface area contributed by atoms with Crippen LogP contribution >= 0.6 is 0 Å². The summed E-state index contributed by atoms with van der Waals surface area (Å²) in [5.41, 5.74) is 1.72. The standard InChI is InChI=1S/C18H20N2O2/c1-22-17-10-12-20(18(21)15-9-5-6-11-19-15)16(17)13-14-7-3-2-4-8-14/h2-9,11,16-17H,10,12-13H2,1H3/t16-,17+/m0/s1. The molecule has 0 unspecified atom stereocenters. The maximum atomic E-state index is 12.7. The topological polar surface area (TPSA) is 42.4 Å². The summed E-state index contributed by atoms with van der Waals surface area (Å²) in [7, 11) is 1.72. The quantitative estimate of drug-likeness (QED) is 0.871. The first kappa shape index (κ1) is 14.7. The first-order valence-corrected chi connectivity index (χ1v) is 7.58. The van der Waals surface area contributed by atoms with Crippen LogP contribution in [0.5, 0.6) is 0 Å². The summed E-state index contributed by atoms with van der Waals surface area (Å²) in [4.78, 5) is 18.8. The van der Waals surface area contributed by atoms with Gasteiger partial charge in [0.2, 0.25) is 0 Å². The largest absolute Gasteiger partial charge is 0.379 e. The van der Waals surface area contributed by atoms with E-state index in [1.807, 2.05) is 35.2 Å². The Kier molecular flexibility index (Phi) is 4.49. The van der Waals surface area contributed by atoms with E-state index in [2.05, 4.69) is 17.1 Å². The summed E-state index contributed by atoms with van der Waals surface area (Å²) in [5, 5.41) is 0. The molecule has 1 aliphatic heterocycles. The fourth-order valence-electron chi connectivity index (χ4n) is 3.09. The minimum absolute atomic E-state index is 0.0129. The van der Waals surface area contributed by atoms with Crippen molar-refractivity contribution < 1.29 is 9.53 Å². The highest BCUT2D eigenvalue weighted by atomic mass is 16.5. The summed E-state index contributed by atoms with van der Waals surface area (Å²) < 4.78 is 5.60. The first-order valence-electron chi connectivity index (χ1n) is 7.58. The molecule has 1 aromatic carbocycles. The third-order valence-electron chi connectivity index (χ3n) is 4.22. The van der Waals surface area contributed by atoms with Crippen LogP contribution in [0.4, 0.5) is 0 Å². The van der Waals surface area contributed by atoms with E-state index in [0.29, 0.717) is 12.2 Å². The maximum Gasteiger partial charge on any atom is 0.272 e. The van der Waals surface area contributed by atoms with Crippen molar-refractivity contribution >= 4 is 5.91 Å². The molecule has 2 heterocycles. The molecule has 22 heavy (non-hydrogen) atoms. The molecule has 1 aromatic heterocycles. The zero-order valence-corrected chi connectivity index (χ0v) is 12.7. The molecule has 0 bridgehead atoms. The van der Waals surface area contributed by atoms with Gasteiger partial charge < -0.3 is 9.64 Å². The van der Waals surface area contributed by atoms with E-state index in [4.69, 9.17) is 4.74 Å². The highest BCUT2D eigenvalue weighted by Gasteiger charge is 2.37. The van der Waals surface area contributed by atoms with Crippen LogP contribution < -0.4 is 0 Å². The lowest BCUT2D eigenvalue weighted by molar-refractivity contribution is 0.0504. The van der Waals surface area contributed by atoms with Crippen LogP contribution in [0, 0.1) is 0 Å². The van der Waals surface area contributed by atoms with E-state index in [1.165, 1.54) is 5.56 Å². The van der Waals surface area contributed by atoms with Crippen LogP contribution in [-0.4, -0.2) is 41.6 Å². The molecule has 4 heteroatoms. The van der Waals surface area contributed by atoms with Crippen molar-refractivity contribution in [2.45, 2.75) is 25.0 Å². The smallest absolute Gasteiger partial charge is 0.272 e. The average Bonchev–Trinajstić information content (AvgIpc) is 2.98. The molecule has 0 aliphatic carbocycles. The minimum atomic E-state index is -0.0129. The van der Waals surface area contributed by atoms with Gasteiger partial charge in [-0.15, -0.1) is 0 Å². The second kappa shape index (κ2) is 6.71. The molecule has 0 spiro atoms.